The standard InChI is InChI=1S/C9H15N3O/c10-5-4-7-6-11-12(9(7)13)8-2-1-3-8/h6,8,11H,1-5,10H2. The van der Waals surface area contributed by atoms with E-state index < -0.39 is 0 Å². The van der Waals surface area contributed by atoms with Crippen LogP contribution in [-0.2, 0) is 6.42 Å². The molecule has 3 N–H and O–H groups in total. The largest absolute Gasteiger partial charge is 0.330 e. The molecule has 1 aliphatic rings. The van der Waals surface area contributed by atoms with Crippen LogP contribution >= 0.6 is 0 Å². The fraction of sp³-hybridized carbons (Fsp3) is 0.667. The second kappa shape index (κ2) is 3.38. The number of nitrogens with zero attached hydrogens (tertiary/aromatic N) is 1. The van der Waals surface area contributed by atoms with Crippen molar-refractivity contribution in [3.05, 3.63) is 22.1 Å². The molecule has 4 nitrogen and oxygen atoms in total. The number of nitrogens with two attached hydrogens (primary N) is 1. The van der Waals surface area contributed by atoms with Crippen LogP contribution in [0.2, 0.25) is 0 Å². The Morgan fingerprint density at radius 3 is 2.92 bits per heavy atom. The maximum atomic E-state index is 11.7. The van der Waals surface area contributed by atoms with E-state index in [1.165, 1.54) is 6.42 Å². The summed E-state index contributed by atoms with van der Waals surface area (Å²) in [5.41, 5.74) is 6.33. The number of hydrogen-bond donors (Lipinski definition) is 2. The van der Waals surface area contributed by atoms with Crippen molar-refractivity contribution >= 4 is 0 Å². The number of nitrogens with one attached hydrogen (secondary N) is 1. The first-order valence-electron chi connectivity index (χ1n) is 4.82. The van der Waals surface area contributed by atoms with Crippen molar-refractivity contribution in [1.82, 2.24) is 9.78 Å². The van der Waals surface area contributed by atoms with Crippen LogP contribution in [0.25, 0.3) is 0 Å². The molecule has 0 aromatic carbocycles. The van der Waals surface area contributed by atoms with Crippen molar-refractivity contribution in [3.8, 4) is 0 Å². The summed E-state index contributed by atoms with van der Waals surface area (Å²) in [6.07, 6.45) is 5.95. The van der Waals surface area contributed by atoms with E-state index in [1.54, 1.807) is 10.9 Å². The van der Waals surface area contributed by atoms with Crippen LogP contribution < -0.4 is 11.3 Å². The Bertz CT molecular complexity index is 335. The topological polar surface area (TPSA) is 63.8 Å². The summed E-state index contributed by atoms with van der Waals surface area (Å²) in [7, 11) is 0. The fourth-order valence-corrected chi connectivity index (χ4v) is 1.67. The van der Waals surface area contributed by atoms with Gasteiger partial charge in [-0.15, -0.1) is 0 Å². The molecule has 0 spiro atoms. The van der Waals surface area contributed by atoms with E-state index in [0.29, 0.717) is 19.0 Å². The van der Waals surface area contributed by atoms with Gasteiger partial charge in [0, 0.05) is 11.8 Å². The van der Waals surface area contributed by atoms with Gasteiger partial charge in [-0.1, -0.05) is 0 Å². The molecular weight excluding hydrogens is 166 g/mol. The summed E-state index contributed by atoms with van der Waals surface area (Å²) in [6, 6.07) is 0.416. The van der Waals surface area contributed by atoms with E-state index in [2.05, 4.69) is 5.10 Å². The van der Waals surface area contributed by atoms with Gasteiger partial charge in [0.2, 0.25) is 0 Å². The Balaban J connectivity index is 2.22. The van der Waals surface area contributed by atoms with Crippen LogP contribution in [0.1, 0.15) is 30.9 Å². The summed E-state index contributed by atoms with van der Waals surface area (Å²) in [6.45, 7) is 0.539. The third kappa shape index (κ3) is 1.42. The smallest absolute Gasteiger partial charge is 0.269 e. The van der Waals surface area contributed by atoms with Gasteiger partial charge in [0.05, 0.1) is 6.04 Å². The zero-order valence-electron chi connectivity index (χ0n) is 7.62. The molecule has 0 atom stereocenters. The van der Waals surface area contributed by atoms with Crippen molar-refractivity contribution < 1.29 is 0 Å². The molecule has 1 fully saturated rings. The molecule has 1 aromatic rings. The van der Waals surface area contributed by atoms with Crippen molar-refractivity contribution in [2.45, 2.75) is 31.7 Å². The summed E-state index contributed by atoms with van der Waals surface area (Å²) in [5, 5.41) is 3.01. The molecule has 4 heteroatoms. The van der Waals surface area contributed by atoms with Gasteiger partial charge in [0.25, 0.3) is 5.56 Å². The monoisotopic (exact) mass is 181 g/mol. The van der Waals surface area contributed by atoms with E-state index >= 15 is 0 Å². The molecule has 0 unspecified atom stereocenters. The average molecular weight is 181 g/mol. The lowest BCUT2D eigenvalue weighted by molar-refractivity contribution is 0.283. The number of H-pyrrole nitrogens is 1. The summed E-state index contributed by atoms with van der Waals surface area (Å²) < 4.78 is 1.74. The highest BCUT2D eigenvalue weighted by molar-refractivity contribution is 5.06. The van der Waals surface area contributed by atoms with Gasteiger partial charge in [-0.3, -0.25) is 4.79 Å². The van der Waals surface area contributed by atoms with Crippen LogP contribution in [0.4, 0.5) is 0 Å². The SMILES string of the molecule is NCCc1c[nH]n(C2CCC2)c1=O. The zero-order valence-corrected chi connectivity index (χ0v) is 7.62. The number of aromatic nitrogens is 2. The van der Waals surface area contributed by atoms with Gasteiger partial charge in [-0.05, 0) is 32.2 Å². The van der Waals surface area contributed by atoms with E-state index in [0.717, 1.165) is 18.4 Å². The van der Waals surface area contributed by atoms with Gasteiger partial charge in [-0.2, -0.15) is 0 Å². The molecule has 13 heavy (non-hydrogen) atoms. The molecular formula is C9H15N3O. The first-order valence-corrected chi connectivity index (χ1v) is 4.82. The quantitative estimate of drug-likeness (QED) is 0.709. The highest BCUT2D eigenvalue weighted by Crippen LogP contribution is 2.29. The Kier molecular flexibility index (Phi) is 2.22. The first kappa shape index (κ1) is 8.56. The molecule has 0 bridgehead atoms. The Labute approximate surface area is 76.7 Å². The average Bonchev–Trinajstić information content (AvgIpc) is 2.34. The summed E-state index contributed by atoms with van der Waals surface area (Å²) >= 11 is 0. The Morgan fingerprint density at radius 1 is 1.62 bits per heavy atom. The second-order valence-electron chi connectivity index (χ2n) is 3.60. The minimum Gasteiger partial charge on any atom is -0.330 e. The third-order valence-corrected chi connectivity index (χ3v) is 2.72. The van der Waals surface area contributed by atoms with Gasteiger partial charge >= 0.3 is 0 Å². The zero-order chi connectivity index (χ0) is 9.26. The van der Waals surface area contributed by atoms with E-state index in [-0.39, 0.29) is 5.56 Å². The Morgan fingerprint density at radius 2 is 2.38 bits per heavy atom. The lowest BCUT2D eigenvalue weighted by atomic mass is 9.93. The molecule has 2 rings (SSSR count). The van der Waals surface area contributed by atoms with E-state index in [1.807, 2.05) is 0 Å². The lowest BCUT2D eigenvalue weighted by Gasteiger charge is -2.25. The molecule has 1 saturated carbocycles. The van der Waals surface area contributed by atoms with E-state index in [4.69, 9.17) is 5.73 Å². The minimum atomic E-state index is 0.121. The summed E-state index contributed by atoms with van der Waals surface area (Å²) in [5.74, 6) is 0. The van der Waals surface area contributed by atoms with Crippen molar-refractivity contribution in [3.63, 3.8) is 0 Å². The highest BCUT2D eigenvalue weighted by Gasteiger charge is 2.21. The van der Waals surface area contributed by atoms with Gasteiger partial charge < -0.3 is 10.8 Å². The van der Waals surface area contributed by atoms with Gasteiger partial charge in [0.1, 0.15) is 0 Å². The van der Waals surface area contributed by atoms with Gasteiger partial charge in [0.15, 0.2) is 0 Å². The van der Waals surface area contributed by atoms with Crippen molar-refractivity contribution in [2.75, 3.05) is 6.54 Å². The first-order chi connectivity index (χ1) is 6.33. The highest BCUT2D eigenvalue weighted by atomic mass is 16.1. The van der Waals surface area contributed by atoms with Crippen LogP contribution in [-0.4, -0.2) is 16.3 Å². The van der Waals surface area contributed by atoms with Crippen LogP contribution in [0.15, 0.2) is 11.0 Å². The molecule has 1 heterocycles. The van der Waals surface area contributed by atoms with Crippen molar-refractivity contribution in [1.29, 1.82) is 0 Å². The van der Waals surface area contributed by atoms with Gasteiger partial charge in [-0.25, -0.2) is 4.68 Å². The maximum Gasteiger partial charge on any atom is 0.269 e. The summed E-state index contributed by atoms with van der Waals surface area (Å²) in [4.78, 5) is 11.7. The third-order valence-electron chi connectivity index (χ3n) is 2.72. The molecule has 0 saturated heterocycles. The molecule has 0 aliphatic heterocycles. The molecule has 1 aromatic heterocycles. The minimum absolute atomic E-state index is 0.121. The van der Waals surface area contributed by atoms with E-state index in [9.17, 15) is 4.79 Å². The maximum absolute atomic E-state index is 11.7. The molecule has 1 aliphatic carbocycles. The lowest BCUT2D eigenvalue weighted by Crippen LogP contribution is -2.28. The predicted molar refractivity (Wildman–Crippen MR) is 50.7 cm³/mol. The number of rotatable bonds is 3. The Hall–Kier alpha value is -1.03. The predicted octanol–water partition coefficient (Wildman–Crippen LogP) is 0.403. The molecule has 0 radical (unpaired) electrons. The second-order valence-corrected chi connectivity index (χ2v) is 3.60. The van der Waals surface area contributed by atoms with Crippen LogP contribution in [0.3, 0.4) is 0 Å². The molecule has 72 valence electrons. The number of hydrogen-bond acceptors (Lipinski definition) is 2. The van der Waals surface area contributed by atoms with Crippen molar-refractivity contribution in [2.24, 2.45) is 5.73 Å². The normalized spacial score (nSPS) is 17.3. The van der Waals surface area contributed by atoms with Crippen LogP contribution in [0.5, 0.6) is 0 Å². The number of aromatic amines is 1. The molecule has 0 amide bonds. The fourth-order valence-electron chi connectivity index (χ4n) is 1.67. The van der Waals surface area contributed by atoms with Crippen LogP contribution in [0, 0.1) is 0 Å².